The molecule has 1 aliphatic rings. The predicted molar refractivity (Wildman–Crippen MR) is 136 cm³/mol. The first-order valence-electron chi connectivity index (χ1n) is 12.0. The van der Waals surface area contributed by atoms with Gasteiger partial charge in [0.1, 0.15) is 6.61 Å². The van der Waals surface area contributed by atoms with Crippen molar-refractivity contribution in [2.75, 3.05) is 19.6 Å². The molecule has 0 fully saturated rings. The highest BCUT2D eigenvalue weighted by atomic mass is 16.5. The molecule has 1 unspecified atom stereocenters. The molecule has 1 atom stereocenters. The molecular formula is C25H29N7O5. The number of alkyl carbamates (subject to hydrolysis) is 1. The SMILES string of the molecule is O=C(NC(CCCCNC1=NCCN1)(NC(=O)c1cccc2[nH]ncc12)C(=O)O)OCc1ccccc1. The van der Waals surface area contributed by atoms with Crippen LogP contribution >= 0.6 is 0 Å². The molecule has 4 rings (SSSR count). The van der Waals surface area contributed by atoms with E-state index in [9.17, 15) is 19.5 Å². The minimum atomic E-state index is -2.10. The number of nitrogens with zero attached hydrogens (tertiary/aromatic N) is 2. The van der Waals surface area contributed by atoms with E-state index < -0.39 is 23.6 Å². The number of hydrogen-bond donors (Lipinski definition) is 6. The zero-order valence-electron chi connectivity index (χ0n) is 20.1. The van der Waals surface area contributed by atoms with Crippen molar-refractivity contribution in [1.82, 2.24) is 31.5 Å². The largest absolute Gasteiger partial charge is 0.478 e. The van der Waals surface area contributed by atoms with Crippen molar-refractivity contribution in [3.05, 3.63) is 65.9 Å². The Balaban J connectivity index is 1.47. The summed E-state index contributed by atoms with van der Waals surface area (Å²) in [7, 11) is 0. The quantitative estimate of drug-likeness (QED) is 0.168. The van der Waals surface area contributed by atoms with Gasteiger partial charge in [-0.15, -0.1) is 0 Å². The topological polar surface area (TPSA) is 170 Å². The molecule has 3 aromatic rings. The van der Waals surface area contributed by atoms with Gasteiger partial charge in [0.2, 0.25) is 5.66 Å². The predicted octanol–water partition coefficient (Wildman–Crippen LogP) is 1.72. The van der Waals surface area contributed by atoms with Crippen molar-refractivity contribution < 1.29 is 24.2 Å². The highest BCUT2D eigenvalue weighted by Crippen LogP contribution is 2.19. The van der Waals surface area contributed by atoms with Crippen LogP contribution in [0.25, 0.3) is 10.9 Å². The summed E-state index contributed by atoms with van der Waals surface area (Å²) in [5.41, 5.74) is -0.509. The average Bonchev–Trinajstić information content (AvgIpc) is 3.59. The molecule has 6 N–H and O–H groups in total. The van der Waals surface area contributed by atoms with E-state index in [1.54, 1.807) is 42.5 Å². The van der Waals surface area contributed by atoms with E-state index in [4.69, 9.17) is 4.74 Å². The monoisotopic (exact) mass is 507 g/mol. The second-order valence-corrected chi connectivity index (χ2v) is 8.53. The van der Waals surface area contributed by atoms with E-state index in [1.807, 2.05) is 6.07 Å². The van der Waals surface area contributed by atoms with E-state index in [-0.39, 0.29) is 18.6 Å². The van der Waals surface area contributed by atoms with Gasteiger partial charge in [-0.1, -0.05) is 36.4 Å². The number of rotatable bonds is 11. The number of guanidine groups is 1. The lowest BCUT2D eigenvalue weighted by Gasteiger charge is -2.31. The Hall–Kier alpha value is -4.61. The third-order valence-corrected chi connectivity index (χ3v) is 5.89. The Bertz CT molecular complexity index is 1280. The molecule has 0 saturated carbocycles. The van der Waals surface area contributed by atoms with Gasteiger partial charge in [0.05, 0.1) is 23.8 Å². The molecule has 1 aliphatic heterocycles. The molecule has 0 bridgehead atoms. The Morgan fingerprint density at radius 2 is 1.89 bits per heavy atom. The molecule has 0 spiro atoms. The molecule has 194 valence electrons. The standard InChI is InChI=1S/C25H29N7O5/c33-21(18-9-6-10-20-19(18)15-29-32-20)30-25(22(34)35,11-4-5-12-26-23-27-13-14-28-23)31-24(36)37-16-17-7-2-1-3-8-17/h1-3,6-10,15H,4-5,11-14,16H2,(H,29,32)(H,30,33)(H,31,36)(H,34,35)(H2,26,27,28). The van der Waals surface area contributed by atoms with E-state index >= 15 is 0 Å². The first-order chi connectivity index (χ1) is 18.0. The van der Waals surface area contributed by atoms with Crippen molar-refractivity contribution in [2.45, 2.75) is 31.5 Å². The van der Waals surface area contributed by atoms with E-state index in [0.717, 1.165) is 12.1 Å². The molecule has 2 aromatic carbocycles. The van der Waals surface area contributed by atoms with E-state index in [0.29, 0.717) is 42.8 Å². The number of carbonyl (C=O) groups excluding carboxylic acids is 2. The van der Waals surface area contributed by atoms with Crippen molar-refractivity contribution in [2.24, 2.45) is 4.99 Å². The van der Waals surface area contributed by atoms with Crippen LogP contribution in [0.1, 0.15) is 35.2 Å². The fourth-order valence-corrected chi connectivity index (χ4v) is 3.97. The normalized spacial score (nSPS) is 14.2. The van der Waals surface area contributed by atoms with Crippen LogP contribution in [-0.4, -0.2) is 64.5 Å². The number of benzene rings is 2. The fraction of sp³-hybridized carbons (Fsp3) is 0.320. The fourth-order valence-electron chi connectivity index (χ4n) is 3.97. The van der Waals surface area contributed by atoms with Gasteiger partial charge in [-0.2, -0.15) is 5.10 Å². The van der Waals surface area contributed by atoms with Crippen molar-refractivity contribution in [1.29, 1.82) is 0 Å². The number of unbranched alkanes of at least 4 members (excludes halogenated alkanes) is 1. The second kappa shape index (κ2) is 11.9. The number of aromatic amines is 1. The summed E-state index contributed by atoms with van der Waals surface area (Å²) in [5, 5.41) is 28.6. The highest BCUT2D eigenvalue weighted by Gasteiger charge is 2.42. The van der Waals surface area contributed by atoms with Gasteiger partial charge in [0, 0.05) is 24.9 Å². The van der Waals surface area contributed by atoms with Crippen LogP contribution < -0.4 is 21.3 Å². The lowest BCUT2D eigenvalue weighted by Crippen LogP contribution is -2.65. The van der Waals surface area contributed by atoms with Crippen LogP contribution in [0.15, 0.2) is 59.7 Å². The zero-order valence-corrected chi connectivity index (χ0v) is 20.1. The molecule has 2 amide bonds. The maximum atomic E-state index is 13.3. The number of hydrogen-bond acceptors (Lipinski definition) is 8. The number of aliphatic carboxylic acids is 1. The summed E-state index contributed by atoms with van der Waals surface area (Å²) in [6.45, 7) is 1.97. The zero-order chi connectivity index (χ0) is 26.1. The van der Waals surface area contributed by atoms with Gasteiger partial charge in [0.25, 0.3) is 5.91 Å². The van der Waals surface area contributed by atoms with Gasteiger partial charge < -0.3 is 25.8 Å². The molecule has 12 heteroatoms. The number of nitrogens with one attached hydrogen (secondary N) is 5. The summed E-state index contributed by atoms with van der Waals surface area (Å²) in [4.78, 5) is 42.7. The van der Waals surface area contributed by atoms with Crippen molar-refractivity contribution in [3.63, 3.8) is 0 Å². The molecule has 0 saturated heterocycles. The van der Waals surface area contributed by atoms with Gasteiger partial charge in [0.15, 0.2) is 5.96 Å². The van der Waals surface area contributed by atoms with Gasteiger partial charge in [-0.3, -0.25) is 20.2 Å². The smallest absolute Gasteiger partial charge is 0.409 e. The minimum absolute atomic E-state index is 0.0519. The molecule has 12 nitrogen and oxygen atoms in total. The third-order valence-electron chi connectivity index (χ3n) is 5.89. The average molecular weight is 508 g/mol. The summed E-state index contributed by atoms with van der Waals surface area (Å²) in [5.74, 6) is -1.37. The van der Waals surface area contributed by atoms with Gasteiger partial charge in [-0.25, -0.2) is 9.59 Å². The highest BCUT2D eigenvalue weighted by molar-refractivity contribution is 6.07. The van der Waals surface area contributed by atoms with Crippen molar-refractivity contribution >= 4 is 34.8 Å². The van der Waals surface area contributed by atoms with Gasteiger partial charge >= 0.3 is 12.1 Å². The van der Waals surface area contributed by atoms with Crippen LogP contribution in [-0.2, 0) is 16.1 Å². The molecular weight excluding hydrogens is 478 g/mol. The van der Waals surface area contributed by atoms with Gasteiger partial charge in [-0.05, 0) is 30.5 Å². The molecule has 2 heterocycles. The number of amides is 2. The number of carbonyl (C=O) groups is 3. The number of ether oxygens (including phenoxy) is 1. The number of aromatic nitrogens is 2. The first-order valence-corrected chi connectivity index (χ1v) is 12.0. The van der Waals surface area contributed by atoms with E-state index in [2.05, 4.69) is 36.5 Å². The number of fused-ring (bicyclic) bond motifs is 1. The molecule has 1 aromatic heterocycles. The van der Waals surface area contributed by atoms with Crippen molar-refractivity contribution in [3.8, 4) is 0 Å². The summed E-state index contributed by atoms with van der Waals surface area (Å²) in [6, 6.07) is 14.0. The Labute approximate surface area is 212 Å². The molecule has 37 heavy (non-hydrogen) atoms. The summed E-state index contributed by atoms with van der Waals surface area (Å²) < 4.78 is 5.26. The number of carboxylic acid groups (broad SMARTS) is 1. The Kier molecular flexibility index (Phi) is 8.18. The maximum Gasteiger partial charge on any atom is 0.409 e. The lowest BCUT2D eigenvalue weighted by molar-refractivity contribution is -0.146. The lowest BCUT2D eigenvalue weighted by atomic mass is 10.0. The third kappa shape index (κ3) is 6.54. The number of carboxylic acids is 1. The van der Waals surface area contributed by atoms with Crippen LogP contribution in [0.5, 0.6) is 0 Å². The maximum absolute atomic E-state index is 13.3. The van der Waals surface area contributed by atoms with Crippen LogP contribution in [0.2, 0.25) is 0 Å². The Morgan fingerprint density at radius 1 is 1.05 bits per heavy atom. The number of H-pyrrole nitrogens is 1. The molecule has 0 aliphatic carbocycles. The van der Waals surface area contributed by atoms with Crippen LogP contribution in [0.4, 0.5) is 4.79 Å². The number of aliphatic imine (C=N–C) groups is 1. The summed E-state index contributed by atoms with van der Waals surface area (Å²) in [6.07, 6.45) is 1.40. The first kappa shape index (κ1) is 25.5. The summed E-state index contributed by atoms with van der Waals surface area (Å²) >= 11 is 0. The second-order valence-electron chi connectivity index (χ2n) is 8.53. The van der Waals surface area contributed by atoms with Crippen LogP contribution in [0.3, 0.4) is 0 Å². The Morgan fingerprint density at radius 3 is 2.65 bits per heavy atom. The molecule has 0 radical (unpaired) electrons. The minimum Gasteiger partial charge on any atom is -0.478 e. The van der Waals surface area contributed by atoms with Crippen LogP contribution in [0, 0.1) is 0 Å². The van der Waals surface area contributed by atoms with E-state index in [1.165, 1.54) is 6.20 Å².